The van der Waals surface area contributed by atoms with Crippen LogP contribution in [0.4, 0.5) is 11.4 Å². The maximum atomic E-state index is 13.1. The molecule has 4 aromatic rings. The fraction of sp³-hybridized carbons (Fsp3) is 0.237. The van der Waals surface area contributed by atoms with Crippen LogP contribution in [0.1, 0.15) is 15.9 Å². The van der Waals surface area contributed by atoms with Gasteiger partial charge in [0.05, 0.1) is 28.5 Å². The number of carboxylic acid groups (broad SMARTS) is 2. The van der Waals surface area contributed by atoms with Crippen molar-refractivity contribution in [3.63, 3.8) is 0 Å². The Bertz CT molecular complexity index is 1970. The number of carbonyl (C=O) groups excluding carboxylic acids is 2. The van der Waals surface area contributed by atoms with Crippen molar-refractivity contribution in [3.05, 3.63) is 112 Å². The largest absolute Gasteiger partial charge is 0.486 e. The number of fused-ring (bicyclic) bond motifs is 1. The monoisotopic (exact) mass is 777 g/mol. The van der Waals surface area contributed by atoms with Gasteiger partial charge in [-0.2, -0.15) is 0 Å². The summed E-state index contributed by atoms with van der Waals surface area (Å²) < 4.78 is 17.2. The fourth-order valence-electron chi connectivity index (χ4n) is 5.38. The van der Waals surface area contributed by atoms with E-state index in [1.807, 2.05) is 53.2 Å². The van der Waals surface area contributed by atoms with Gasteiger partial charge in [0.25, 0.3) is 5.91 Å². The van der Waals surface area contributed by atoms with Crippen LogP contribution in [0.25, 0.3) is 0 Å². The Morgan fingerprint density at radius 2 is 1.54 bits per heavy atom. The van der Waals surface area contributed by atoms with Gasteiger partial charge in [-0.25, -0.2) is 14.6 Å². The van der Waals surface area contributed by atoms with Crippen molar-refractivity contribution < 1.29 is 43.6 Å². The number of carbonyl (C=O) groups is 4. The van der Waals surface area contributed by atoms with E-state index in [2.05, 4.69) is 21.3 Å². The molecule has 0 saturated carbocycles. The van der Waals surface area contributed by atoms with Crippen LogP contribution < -0.4 is 24.4 Å². The highest BCUT2D eigenvalue weighted by Gasteiger charge is 2.23. The minimum Gasteiger partial charge on any atom is -0.486 e. The van der Waals surface area contributed by atoms with Gasteiger partial charge in [0.1, 0.15) is 19.0 Å². The van der Waals surface area contributed by atoms with E-state index in [-0.39, 0.29) is 18.4 Å². The lowest BCUT2D eigenvalue weighted by Gasteiger charge is -2.35. The first-order valence-electron chi connectivity index (χ1n) is 16.7. The Morgan fingerprint density at radius 3 is 2.17 bits per heavy atom. The number of benzene rings is 3. The number of anilines is 2. The van der Waals surface area contributed by atoms with Crippen molar-refractivity contribution >= 4 is 58.3 Å². The molecular weight excluding hydrogens is 741 g/mol. The van der Waals surface area contributed by atoms with E-state index in [1.165, 1.54) is 17.8 Å². The summed E-state index contributed by atoms with van der Waals surface area (Å²) in [5, 5.41) is 19.1. The lowest BCUT2D eigenvalue weighted by molar-refractivity contribution is -0.134. The molecule has 3 aromatic carbocycles. The van der Waals surface area contributed by atoms with Crippen LogP contribution in [0.2, 0.25) is 10.0 Å². The summed E-state index contributed by atoms with van der Waals surface area (Å²) in [6, 6.07) is 21.6. The van der Waals surface area contributed by atoms with E-state index < -0.39 is 11.9 Å². The van der Waals surface area contributed by atoms with E-state index in [0.29, 0.717) is 71.4 Å². The number of likely N-dealkylation sites (N-methyl/N-ethyl adjacent to an activating group) is 1. The molecule has 14 nitrogen and oxygen atoms in total. The van der Waals surface area contributed by atoms with Gasteiger partial charge in [-0.05, 0) is 66.2 Å². The molecule has 1 saturated heterocycles. The van der Waals surface area contributed by atoms with Crippen molar-refractivity contribution in [2.75, 3.05) is 63.2 Å². The van der Waals surface area contributed by atoms with Crippen LogP contribution in [0.5, 0.6) is 23.1 Å². The van der Waals surface area contributed by atoms with E-state index in [0.717, 1.165) is 36.8 Å². The maximum absolute atomic E-state index is 13.1. The van der Waals surface area contributed by atoms with Crippen molar-refractivity contribution in [2.45, 2.75) is 6.54 Å². The molecule has 2 aliphatic rings. The Morgan fingerprint density at radius 1 is 0.852 bits per heavy atom. The predicted octanol–water partition coefficient (Wildman–Crippen LogP) is 5.70. The second-order valence-electron chi connectivity index (χ2n) is 12.1. The standard InChI is InChI=1S/C34H33Cl2N5O5.C4H4O4/c1-39(22-33(42)41-14-12-40(13-15-41)21-23-2-10-30-31(18-23)45-17-16-44-30)26-5-7-27(8-6-26)46-32-11-4-25(20-37-32)38-34(43)24-3-9-28(35)29(36)19-24;5-3(6)1-2-4(7)8/h2-11,18-20H,12-17,21-22H2,1H3,(H,38,43);1-2H,(H,5,6)(H,7,8)/b;2-1-. The van der Waals surface area contributed by atoms with Gasteiger partial charge >= 0.3 is 11.9 Å². The molecule has 0 spiro atoms. The Balaban J connectivity index is 0.000000631. The third-order valence-corrected chi connectivity index (χ3v) is 8.89. The van der Waals surface area contributed by atoms with Crippen molar-refractivity contribution in [2.24, 2.45) is 0 Å². The number of piperazine rings is 1. The lowest BCUT2D eigenvalue weighted by atomic mass is 10.1. The number of rotatable bonds is 11. The highest BCUT2D eigenvalue weighted by Crippen LogP contribution is 2.31. The summed E-state index contributed by atoms with van der Waals surface area (Å²) in [5.74, 6) is -0.185. The quantitative estimate of drug-likeness (QED) is 0.159. The van der Waals surface area contributed by atoms with Crippen molar-refractivity contribution in [3.8, 4) is 23.1 Å². The van der Waals surface area contributed by atoms with Crippen LogP contribution in [0, 0.1) is 0 Å². The molecule has 0 radical (unpaired) electrons. The highest BCUT2D eigenvalue weighted by molar-refractivity contribution is 6.42. The number of hydrogen-bond donors (Lipinski definition) is 3. The number of ether oxygens (including phenoxy) is 3. The number of nitrogens with one attached hydrogen (secondary N) is 1. The summed E-state index contributed by atoms with van der Waals surface area (Å²) in [5.41, 5.74) is 2.96. The number of halogens is 2. The number of pyridine rings is 1. The first kappa shape index (κ1) is 39.4. The smallest absolute Gasteiger partial charge is 0.328 e. The molecule has 3 N–H and O–H groups in total. The molecule has 0 bridgehead atoms. The van der Waals surface area contributed by atoms with Gasteiger partial charge in [-0.1, -0.05) is 29.3 Å². The minimum atomic E-state index is -1.26. The lowest BCUT2D eigenvalue weighted by Crippen LogP contribution is -2.50. The first-order valence-corrected chi connectivity index (χ1v) is 17.4. The average molecular weight is 779 g/mol. The van der Waals surface area contributed by atoms with E-state index in [1.54, 1.807) is 24.3 Å². The van der Waals surface area contributed by atoms with Crippen molar-refractivity contribution in [1.29, 1.82) is 0 Å². The summed E-state index contributed by atoms with van der Waals surface area (Å²) >= 11 is 11.9. The number of aliphatic carboxylic acids is 2. The molecule has 1 fully saturated rings. The molecule has 16 heteroatoms. The first-order chi connectivity index (χ1) is 25.9. The van der Waals surface area contributed by atoms with Gasteiger partial charge in [-0.15, -0.1) is 0 Å². The number of hydrogen-bond acceptors (Lipinski definition) is 10. The predicted molar refractivity (Wildman–Crippen MR) is 202 cm³/mol. The van der Waals surface area contributed by atoms with E-state index in [9.17, 15) is 19.2 Å². The number of amides is 2. The molecule has 54 heavy (non-hydrogen) atoms. The molecule has 6 rings (SSSR count). The fourth-order valence-corrected chi connectivity index (χ4v) is 5.68. The van der Waals surface area contributed by atoms with Gasteiger partial charge in [0, 0.05) is 69.2 Å². The zero-order valence-electron chi connectivity index (χ0n) is 29.1. The topological polar surface area (TPSA) is 171 Å². The Hall–Kier alpha value is -5.83. The van der Waals surface area contributed by atoms with Gasteiger partial charge in [-0.3, -0.25) is 14.5 Å². The van der Waals surface area contributed by atoms with Crippen molar-refractivity contribution in [1.82, 2.24) is 14.8 Å². The Labute approximate surface area is 321 Å². The normalized spacial score (nSPS) is 13.7. The molecule has 282 valence electrons. The SMILES string of the molecule is CN(CC(=O)N1CCN(Cc2ccc3c(c2)OCCO3)CC1)c1ccc(Oc2ccc(NC(=O)c3ccc(Cl)c(Cl)c3)cn2)cc1.O=C(O)/C=C\C(=O)O. The molecule has 2 amide bonds. The molecular formula is C38H37Cl2N5O9. The van der Waals surface area contributed by atoms with Crippen LogP contribution in [-0.2, 0) is 20.9 Å². The number of aromatic nitrogens is 1. The second kappa shape index (κ2) is 18.8. The van der Waals surface area contributed by atoms with Crippen LogP contribution in [-0.4, -0.2) is 102 Å². The van der Waals surface area contributed by atoms with Gasteiger partial charge < -0.3 is 39.5 Å². The minimum absolute atomic E-state index is 0.0948. The molecule has 0 unspecified atom stereocenters. The zero-order valence-corrected chi connectivity index (χ0v) is 30.6. The summed E-state index contributed by atoms with van der Waals surface area (Å²) in [7, 11) is 1.90. The third-order valence-electron chi connectivity index (χ3n) is 8.15. The molecule has 1 aromatic heterocycles. The number of nitrogens with zero attached hydrogens (tertiary/aromatic N) is 4. The highest BCUT2D eigenvalue weighted by atomic mass is 35.5. The van der Waals surface area contributed by atoms with Gasteiger partial charge in [0.2, 0.25) is 11.8 Å². The van der Waals surface area contributed by atoms with E-state index >= 15 is 0 Å². The van der Waals surface area contributed by atoms with Crippen LogP contribution in [0.15, 0.2) is 91.1 Å². The van der Waals surface area contributed by atoms with Gasteiger partial charge in [0.15, 0.2) is 11.5 Å². The van der Waals surface area contributed by atoms with Crippen LogP contribution in [0.3, 0.4) is 0 Å². The zero-order chi connectivity index (χ0) is 38.6. The summed E-state index contributed by atoms with van der Waals surface area (Å²) in [4.78, 5) is 55.2. The Kier molecular flexibility index (Phi) is 13.7. The average Bonchev–Trinajstić information content (AvgIpc) is 3.16. The molecule has 0 aliphatic carbocycles. The summed E-state index contributed by atoms with van der Waals surface area (Å²) in [6.45, 7) is 5.25. The molecule has 2 aliphatic heterocycles. The van der Waals surface area contributed by atoms with Crippen LogP contribution >= 0.6 is 23.2 Å². The second-order valence-corrected chi connectivity index (χ2v) is 12.9. The van der Waals surface area contributed by atoms with E-state index in [4.69, 9.17) is 47.6 Å². The maximum Gasteiger partial charge on any atom is 0.328 e. The third kappa shape index (κ3) is 11.6. The molecule has 3 heterocycles. The summed E-state index contributed by atoms with van der Waals surface area (Å²) in [6.07, 6.45) is 2.63. The molecule has 0 atom stereocenters. The number of carboxylic acids is 2.